The molecule has 0 aromatic rings. The topological polar surface area (TPSA) is 66.8 Å². The van der Waals surface area contributed by atoms with Crippen molar-refractivity contribution in [3.05, 3.63) is 11.6 Å². The molecular weight excluding hydrogens is 198 g/mol. The average molecular weight is 215 g/mol. The fraction of sp³-hybridized carbons (Fsp3) is 0.600. The molecule has 0 saturated carbocycles. The van der Waals surface area contributed by atoms with E-state index in [1.165, 1.54) is 6.92 Å². The number of rotatable bonds is 5. The standard InChI is InChI=1S/C10H17NO4/c1-7(5-9(12)13)10(14)15-8(2)6-11(3)4/h5,8H,6H2,1-4H3,(H,12,13)/b7-5+. The number of carboxylic acids is 1. The highest BCUT2D eigenvalue weighted by Gasteiger charge is 2.12. The average Bonchev–Trinajstić information content (AvgIpc) is 2.00. The molecule has 0 aliphatic carbocycles. The third-order valence-electron chi connectivity index (χ3n) is 1.59. The van der Waals surface area contributed by atoms with Crippen LogP contribution in [0.25, 0.3) is 0 Å². The minimum atomic E-state index is -1.15. The van der Waals surface area contributed by atoms with Gasteiger partial charge in [-0.2, -0.15) is 0 Å². The zero-order valence-electron chi connectivity index (χ0n) is 9.48. The van der Waals surface area contributed by atoms with Crippen LogP contribution < -0.4 is 0 Å². The lowest BCUT2D eigenvalue weighted by Crippen LogP contribution is -2.28. The number of hydrogen-bond acceptors (Lipinski definition) is 4. The molecule has 86 valence electrons. The lowest BCUT2D eigenvalue weighted by Gasteiger charge is -2.17. The number of aliphatic carboxylic acids is 1. The lowest BCUT2D eigenvalue weighted by molar-refractivity contribution is -0.144. The number of esters is 1. The summed E-state index contributed by atoms with van der Waals surface area (Å²) in [5.74, 6) is -1.74. The van der Waals surface area contributed by atoms with E-state index in [1.807, 2.05) is 19.0 Å². The van der Waals surface area contributed by atoms with Crippen LogP contribution in [0, 0.1) is 0 Å². The number of carbonyl (C=O) groups is 2. The summed E-state index contributed by atoms with van der Waals surface area (Å²) in [7, 11) is 3.73. The summed E-state index contributed by atoms with van der Waals surface area (Å²) in [4.78, 5) is 23.5. The Morgan fingerprint density at radius 2 is 2.00 bits per heavy atom. The molecule has 0 heterocycles. The summed E-state index contributed by atoms with van der Waals surface area (Å²) < 4.78 is 5.01. The van der Waals surface area contributed by atoms with Crippen molar-refractivity contribution in [1.29, 1.82) is 0 Å². The summed E-state index contributed by atoms with van der Waals surface area (Å²) in [6, 6.07) is 0. The molecule has 0 saturated heterocycles. The third kappa shape index (κ3) is 6.68. The van der Waals surface area contributed by atoms with Gasteiger partial charge in [0.15, 0.2) is 0 Å². The van der Waals surface area contributed by atoms with Crippen molar-refractivity contribution < 1.29 is 19.4 Å². The second-order valence-electron chi connectivity index (χ2n) is 3.64. The maximum absolute atomic E-state index is 11.3. The molecule has 15 heavy (non-hydrogen) atoms. The largest absolute Gasteiger partial charge is 0.478 e. The SMILES string of the molecule is C/C(=C\C(=O)O)C(=O)OC(C)CN(C)C. The molecule has 0 fully saturated rings. The molecule has 0 bridgehead atoms. The second-order valence-corrected chi connectivity index (χ2v) is 3.64. The van der Waals surface area contributed by atoms with Gasteiger partial charge in [0.25, 0.3) is 0 Å². The zero-order chi connectivity index (χ0) is 12.0. The van der Waals surface area contributed by atoms with Gasteiger partial charge in [0.1, 0.15) is 6.10 Å². The molecule has 5 heteroatoms. The van der Waals surface area contributed by atoms with E-state index < -0.39 is 11.9 Å². The molecule has 0 aliphatic heterocycles. The monoisotopic (exact) mass is 215 g/mol. The molecule has 0 aromatic carbocycles. The Kier molecular flexibility index (Phi) is 5.62. The van der Waals surface area contributed by atoms with Crippen molar-refractivity contribution in [3.8, 4) is 0 Å². The van der Waals surface area contributed by atoms with Crippen LogP contribution in [0.2, 0.25) is 0 Å². The first-order valence-electron chi connectivity index (χ1n) is 4.60. The van der Waals surface area contributed by atoms with E-state index in [0.717, 1.165) is 6.08 Å². The Balaban J connectivity index is 4.19. The molecule has 1 atom stereocenters. The van der Waals surface area contributed by atoms with Crippen LogP contribution in [0.3, 0.4) is 0 Å². The fourth-order valence-electron chi connectivity index (χ4n) is 1.07. The number of nitrogens with zero attached hydrogens (tertiary/aromatic N) is 1. The van der Waals surface area contributed by atoms with Crippen molar-refractivity contribution >= 4 is 11.9 Å². The molecule has 0 amide bonds. The maximum Gasteiger partial charge on any atom is 0.334 e. The van der Waals surface area contributed by atoms with Gasteiger partial charge in [-0.1, -0.05) is 0 Å². The molecular formula is C10H17NO4. The van der Waals surface area contributed by atoms with E-state index in [4.69, 9.17) is 9.84 Å². The van der Waals surface area contributed by atoms with Gasteiger partial charge < -0.3 is 14.7 Å². The van der Waals surface area contributed by atoms with Crippen molar-refractivity contribution in [2.75, 3.05) is 20.6 Å². The predicted molar refractivity (Wildman–Crippen MR) is 55.5 cm³/mol. The first-order chi connectivity index (χ1) is 6.82. The van der Waals surface area contributed by atoms with Crippen LogP contribution >= 0.6 is 0 Å². The van der Waals surface area contributed by atoms with Crippen molar-refractivity contribution in [1.82, 2.24) is 4.90 Å². The van der Waals surface area contributed by atoms with Crippen LogP contribution in [0.1, 0.15) is 13.8 Å². The van der Waals surface area contributed by atoms with Crippen LogP contribution in [0.5, 0.6) is 0 Å². The molecule has 0 rings (SSSR count). The van der Waals surface area contributed by atoms with Crippen molar-refractivity contribution in [2.45, 2.75) is 20.0 Å². The maximum atomic E-state index is 11.3. The van der Waals surface area contributed by atoms with Gasteiger partial charge in [-0.25, -0.2) is 9.59 Å². The second kappa shape index (κ2) is 6.19. The van der Waals surface area contributed by atoms with Crippen molar-refractivity contribution in [3.63, 3.8) is 0 Å². The number of carbonyl (C=O) groups excluding carboxylic acids is 1. The van der Waals surface area contributed by atoms with Crippen LogP contribution in [-0.4, -0.2) is 48.7 Å². The molecule has 0 radical (unpaired) electrons. The molecule has 0 aromatic heterocycles. The number of hydrogen-bond donors (Lipinski definition) is 1. The Bertz CT molecular complexity index is 271. The normalized spacial score (nSPS) is 13.8. The fourth-order valence-corrected chi connectivity index (χ4v) is 1.07. The summed E-state index contributed by atoms with van der Waals surface area (Å²) in [6.07, 6.45) is 0.578. The lowest BCUT2D eigenvalue weighted by atomic mass is 10.3. The van der Waals surface area contributed by atoms with Gasteiger partial charge in [0.05, 0.1) is 0 Å². The molecule has 1 unspecified atom stereocenters. The van der Waals surface area contributed by atoms with E-state index in [0.29, 0.717) is 6.54 Å². The Labute approximate surface area is 89.3 Å². The first-order valence-corrected chi connectivity index (χ1v) is 4.60. The highest BCUT2D eigenvalue weighted by atomic mass is 16.5. The molecule has 5 nitrogen and oxygen atoms in total. The summed E-state index contributed by atoms with van der Waals surface area (Å²) in [5, 5.41) is 8.42. The van der Waals surface area contributed by atoms with Crippen molar-refractivity contribution in [2.24, 2.45) is 0 Å². The van der Waals surface area contributed by atoms with E-state index in [-0.39, 0.29) is 11.7 Å². The summed E-state index contributed by atoms with van der Waals surface area (Å²) in [5.41, 5.74) is 0.0908. The highest BCUT2D eigenvalue weighted by molar-refractivity contribution is 5.95. The van der Waals surface area contributed by atoms with E-state index >= 15 is 0 Å². The van der Waals surface area contributed by atoms with Crippen LogP contribution in [0.15, 0.2) is 11.6 Å². The Hall–Kier alpha value is -1.36. The highest BCUT2D eigenvalue weighted by Crippen LogP contribution is 2.01. The van der Waals surface area contributed by atoms with Gasteiger partial charge >= 0.3 is 11.9 Å². The van der Waals surface area contributed by atoms with Gasteiger partial charge in [-0.05, 0) is 27.9 Å². The predicted octanol–water partition coefficient (Wildman–Crippen LogP) is 0.511. The van der Waals surface area contributed by atoms with Crippen LogP contribution in [-0.2, 0) is 14.3 Å². The van der Waals surface area contributed by atoms with Gasteiger partial charge in [0.2, 0.25) is 0 Å². The zero-order valence-corrected chi connectivity index (χ0v) is 9.48. The van der Waals surface area contributed by atoms with Crippen LogP contribution in [0.4, 0.5) is 0 Å². The first kappa shape index (κ1) is 13.6. The minimum absolute atomic E-state index is 0.0908. The molecule has 0 spiro atoms. The van der Waals surface area contributed by atoms with Gasteiger partial charge in [0, 0.05) is 18.2 Å². The van der Waals surface area contributed by atoms with E-state index in [1.54, 1.807) is 6.92 Å². The quantitative estimate of drug-likeness (QED) is 0.534. The third-order valence-corrected chi connectivity index (χ3v) is 1.59. The molecule has 0 aliphatic rings. The van der Waals surface area contributed by atoms with Gasteiger partial charge in [-0.15, -0.1) is 0 Å². The van der Waals surface area contributed by atoms with Gasteiger partial charge in [-0.3, -0.25) is 0 Å². The Morgan fingerprint density at radius 1 is 1.47 bits per heavy atom. The molecule has 1 N–H and O–H groups in total. The number of ether oxygens (including phenoxy) is 1. The van der Waals surface area contributed by atoms with E-state index in [9.17, 15) is 9.59 Å². The number of likely N-dealkylation sites (N-methyl/N-ethyl adjacent to an activating group) is 1. The summed E-state index contributed by atoms with van der Waals surface area (Å²) in [6.45, 7) is 3.77. The van der Waals surface area contributed by atoms with E-state index in [2.05, 4.69) is 0 Å². The number of carboxylic acid groups (broad SMARTS) is 1. The Morgan fingerprint density at radius 3 is 2.40 bits per heavy atom. The summed E-state index contributed by atoms with van der Waals surface area (Å²) >= 11 is 0. The smallest absolute Gasteiger partial charge is 0.334 e. The minimum Gasteiger partial charge on any atom is -0.478 e.